The van der Waals surface area contributed by atoms with Crippen LogP contribution in [0.2, 0.25) is 0 Å². The molecule has 4 N–H and O–H groups in total. The van der Waals surface area contributed by atoms with Crippen LogP contribution in [0.15, 0.2) is 0 Å². The van der Waals surface area contributed by atoms with E-state index in [1.165, 1.54) is 51.4 Å². The molecular weight excluding hydrogens is 208 g/mol. The topological polar surface area (TPSA) is 52.0 Å². The maximum absolute atomic E-state index is 6.08. The van der Waals surface area contributed by atoms with Crippen LogP contribution in [-0.4, -0.2) is 12.1 Å². The zero-order valence-corrected chi connectivity index (χ0v) is 12.1. The lowest BCUT2D eigenvalue weighted by molar-refractivity contribution is 0.467. The predicted molar refractivity (Wildman–Crippen MR) is 78.1 cm³/mol. The molecule has 0 aromatic rings. The second-order valence-electron chi connectivity index (χ2n) is 5.42. The van der Waals surface area contributed by atoms with E-state index in [-0.39, 0.29) is 0 Å². The molecule has 0 fully saturated rings. The van der Waals surface area contributed by atoms with Crippen molar-refractivity contribution in [2.24, 2.45) is 11.5 Å². The van der Waals surface area contributed by atoms with Gasteiger partial charge in [0.1, 0.15) is 0 Å². The first kappa shape index (κ1) is 16.9. The molecule has 0 rings (SSSR count). The van der Waals surface area contributed by atoms with Gasteiger partial charge in [0.05, 0.1) is 0 Å². The van der Waals surface area contributed by atoms with E-state index < -0.39 is 0 Å². The fraction of sp³-hybridized carbons (Fsp3) is 1.00. The van der Waals surface area contributed by atoms with E-state index in [1.807, 2.05) is 0 Å². The van der Waals surface area contributed by atoms with E-state index in [1.54, 1.807) is 0 Å². The fourth-order valence-corrected chi connectivity index (χ4v) is 2.14. The molecule has 0 saturated heterocycles. The van der Waals surface area contributed by atoms with E-state index in [2.05, 4.69) is 13.8 Å². The third kappa shape index (κ3) is 12.2. The SMILES string of the molecule is CCCCCCCCCC(N)CCC(N)CC. The smallest absolute Gasteiger partial charge is 0.00394 e. The van der Waals surface area contributed by atoms with Crippen LogP contribution in [0.5, 0.6) is 0 Å². The molecule has 0 aliphatic rings. The van der Waals surface area contributed by atoms with Crippen LogP contribution in [-0.2, 0) is 0 Å². The maximum atomic E-state index is 6.08. The average Bonchev–Trinajstić information content (AvgIpc) is 2.34. The molecular formula is C15H34N2. The summed E-state index contributed by atoms with van der Waals surface area (Å²) in [5.41, 5.74) is 12.0. The first-order valence-corrected chi connectivity index (χ1v) is 7.71. The number of nitrogens with two attached hydrogens (primary N) is 2. The molecule has 0 amide bonds. The lowest BCUT2D eigenvalue weighted by atomic mass is 10.00. The molecule has 0 radical (unpaired) electrons. The van der Waals surface area contributed by atoms with Crippen molar-refractivity contribution >= 4 is 0 Å². The van der Waals surface area contributed by atoms with Crippen molar-refractivity contribution in [1.29, 1.82) is 0 Å². The Morgan fingerprint density at radius 3 is 1.76 bits per heavy atom. The summed E-state index contributed by atoms with van der Waals surface area (Å²) in [5, 5.41) is 0. The molecule has 0 aliphatic heterocycles. The van der Waals surface area contributed by atoms with Gasteiger partial charge in [-0.2, -0.15) is 0 Å². The van der Waals surface area contributed by atoms with E-state index in [9.17, 15) is 0 Å². The van der Waals surface area contributed by atoms with Crippen LogP contribution in [0.3, 0.4) is 0 Å². The minimum Gasteiger partial charge on any atom is -0.328 e. The highest BCUT2D eigenvalue weighted by atomic mass is 14.6. The van der Waals surface area contributed by atoms with Gasteiger partial charge < -0.3 is 11.5 Å². The van der Waals surface area contributed by atoms with Crippen molar-refractivity contribution in [3.8, 4) is 0 Å². The molecule has 17 heavy (non-hydrogen) atoms. The third-order valence-corrected chi connectivity index (χ3v) is 3.61. The summed E-state index contributed by atoms with van der Waals surface area (Å²) in [4.78, 5) is 0. The standard InChI is InChI=1S/C15H34N2/c1-3-5-6-7-8-9-10-11-15(17)13-12-14(16)4-2/h14-15H,3-13,16-17H2,1-2H3. The second kappa shape index (κ2) is 12.4. The quantitative estimate of drug-likeness (QED) is 0.509. The normalized spacial score (nSPS) is 14.8. The average molecular weight is 242 g/mol. The summed E-state index contributed by atoms with van der Waals surface area (Å²) in [6, 6.07) is 0.735. The van der Waals surface area contributed by atoms with Gasteiger partial charge in [-0.05, 0) is 25.7 Å². The minimum atomic E-state index is 0.357. The summed E-state index contributed by atoms with van der Waals surface area (Å²) in [7, 11) is 0. The largest absolute Gasteiger partial charge is 0.328 e. The van der Waals surface area contributed by atoms with Crippen molar-refractivity contribution in [1.82, 2.24) is 0 Å². The maximum Gasteiger partial charge on any atom is 0.00394 e. The van der Waals surface area contributed by atoms with Crippen LogP contribution in [0.4, 0.5) is 0 Å². The molecule has 0 aromatic heterocycles. The molecule has 2 heteroatoms. The lowest BCUT2D eigenvalue weighted by Crippen LogP contribution is -2.25. The molecule has 0 spiro atoms. The number of hydrogen-bond acceptors (Lipinski definition) is 2. The van der Waals surface area contributed by atoms with Crippen molar-refractivity contribution in [2.75, 3.05) is 0 Å². The molecule has 0 bridgehead atoms. The Balaban J connectivity index is 3.19. The van der Waals surface area contributed by atoms with E-state index in [0.29, 0.717) is 12.1 Å². The first-order valence-electron chi connectivity index (χ1n) is 7.71. The molecule has 0 aliphatic carbocycles. The van der Waals surface area contributed by atoms with Gasteiger partial charge in [-0.15, -0.1) is 0 Å². The summed E-state index contributed by atoms with van der Waals surface area (Å²) >= 11 is 0. The third-order valence-electron chi connectivity index (χ3n) is 3.61. The molecule has 2 nitrogen and oxygen atoms in total. The summed E-state index contributed by atoms with van der Waals surface area (Å²) in [5.74, 6) is 0. The van der Waals surface area contributed by atoms with Crippen molar-refractivity contribution in [3.63, 3.8) is 0 Å². The Morgan fingerprint density at radius 2 is 1.18 bits per heavy atom. The van der Waals surface area contributed by atoms with Gasteiger partial charge in [-0.25, -0.2) is 0 Å². The molecule has 2 unspecified atom stereocenters. The zero-order valence-electron chi connectivity index (χ0n) is 12.1. The lowest BCUT2D eigenvalue weighted by Gasteiger charge is -2.14. The Morgan fingerprint density at radius 1 is 0.647 bits per heavy atom. The van der Waals surface area contributed by atoms with Gasteiger partial charge in [-0.1, -0.05) is 58.8 Å². The van der Waals surface area contributed by atoms with Crippen LogP contribution in [0.1, 0.15) is 84.5 Å². The van der Waals surface area contributed by atoms with Gasteiger partial charge in [0.2, 0.25) is 0 Å². The summed E-state index contributed by atoms with van der Waals surface area (Å²) < 4.78 is 0. The first-order chi connectivity index (χ1) is 8.20. The molecule has 0 aromatic carbocycles. The van der Waals surface area contributed by atoms with Crippen LogP contribution >= 0.6 is 0 Å². The highest BCUT2D eigenvalue weighted by molar-refractivity contribution is 4.66. The van der Waals surface area contributed by atoms with Crippen molar-refractivity contribution in [3.05, 3.63) is 0 Å². The Bertz CT molecular complexity index is 148. The number of unbranched alkanes of at least 4 members (excludes halogenated alkanes) is 6. The van der Waals surface area contributed by atoms with Gasteiger partial charge in [0, 0.05) is 12.1 Å². The highest BCUT2D eigenvalue weighted by Gasteiger charge is 2.05. The van der Waals surface area contributed by atoms with Crippen LogP contribution in [0.25, 0.3) is 0 Å². The summed E-state index contributed by atoms with van der Waals surface area (Å²) in [6.07, 6.45) is 14.1. The monoisotopic (exact) mass is 242 g/mol. The van der Waals surface area contributed by atoms with Gasteiger partial charge in [0.15, 0.2) is 0 Å². The Hall–Kier alpha value is -0.0800. The minimum absolute atomic E-state index is 0.357. The predicted octanol–water partition coefficient (Wildman–Crippen LogP) is 3.97. The summed E-state index contributed by atoms with van der Waals surface area (Å²) in [6.45, 7) is 4.41. The fourth-order valence-electron chi connectivity index (χ4n) is 2.14. The highest BCUT2D eigenvalue weighted by Crippen LogP contribution is 2.11. The van der Waals surface area contributed by atoms with E-state index in [0.717, 1.165) is 19.3 Å². The zero-order chi connectivity index (χ0) is 12.9. The van der Waals surface area contributed by atoms with E-state index >= 15 is 0 Å². The van der Waals surface area contributed by atoms with Crippen LogP contribution < -0.4 is 11.5 Å². The molecule has 0 heterocycles. The number of rotatable bonds is 12. The van der Waals surface area contributed by atoms with Gasteiger partial charge in [-0.3, -0.25) is 0 Å². The molecule has 0 saturated carbocycles. The number of hydrogen-bond donors (Lipinski definition) is 2. The Labute approximate surface area is 109 Å². The second-order valence-corrected chi connectivity index (χ2v) is 5.42. The molecule has 2 atom stereocenters. The van der Waals surface area contributed by atoms with Crippen molar-refractivity contribution < 1.29 is 0 Å². The van der Waals surface area contributed by atoms with Gasteiger partial charge >= 0.3 is 0 Å². The van der Waals surface area contributed by atoms with Gasteiger partial charge in [0.25, 0.3) is 0 Å². The molecule has 104 valence electrons. The Kier molecular flexibility index (Phi) is 12.3. The van der Waals surface area contributed by atoms with Crippen LogP contribution in [0, 0.1) is 0 Å². The van der Waals surface area contributed by atoms with Crippen molar-refractivity contribution in [2.45, 2.75) is 96.6 Å². The van der Waals surface area contributed by atoms with E-state index in [4.69, 9.17) is 11.5 Å².